The van der Waals surface area contributed by atoms with Crippen LogP contribution in [0.1, 0.15) is 26.2 Å². The minimum absolute atomic E-state index is 0.0141. The number of methoxy groups -OCH3 is 2. The van der Waals surface area contributed by atoms with Crippen LogP contribution in [0.4, 0.5) is 5.95 Å². The van der Waals surface area contributed by atoms with Crippen LogP contribution in [-0.4, -0.2) is 102 Å². The summed E-state index contributed by atoms with van der Waals surface area (Å²) < 4.78 is 18.3. The topological polar surface area (TPSA) is 128 Å². The Hall–Kier alpha value is -4.15. The Morgan fingerprint density at radius 1 is 1.12 bits per heavy atom. The van der Waals surface area contributed by atoms with Crippen molar-refractivity contribution in [3.8, 4) is 34.5 Å². The fourth-order valence-electron chi connectivity index (χ4n) is 6.24. The van der Waals surface area contributed by atoms with Crippen molar-refractivity contribution in [3.05, 3.63) is 51.4 Å². The van der Waals surface area contributed by atoms with Gasteiger partial charge in [-0.15, -0.1) is 0 Å². The van der Waals surface area contributed by atoms with Gasteiger partial charge in [0.15, 0.2) is 5.78 Å². The predicted octanol–water partition coefficient (Wildman–Crippen LogP) is 4.30. The van der Waals surface area contributed by atoms with Crippen LogP contribution in [0.25, 0.3) is 22.2 Å². The predicted molar refractivity (Wildman–Crippen MR) is 190 cm³/mol. The number of allylic oxidation sites excluding steroid dienone is 1. The van der Waals surface area contributed by atoms with Gasteiger partial charge in [0.05, 0.1) is 42.5 Å². The van der Waals surface area contributed by atoms with Gasteiger partial charge < -0.3 is 24.4 Å². The maximum absolute atomic E-state index is 14.4. The van der Waals surface area contributed by atoms with E-state index in [1.54, 1.807) is 34.7 Å². The van der Waals surface area contributed by atoms with Crippen molar-refractivity contribution in [2.24, 2.45) is 5.92 Å². The highest BCUT2D eigenvalue weighted by atomic mass is 35.5. The summed E-state index contributed by atoms with van der Waals surface area (Å²) in [6.07, 6.45) is 4.66. The Kier molecular flexibility index (Phi) is 12.2. The molecule has 2 atom stereocenters. The highest BCUT2D eigenvalue weighted by molar-refractivity contribution is 6.41. The summed E-state index contributed by atoms with van der Waals surface area (Å²) in [5.41, 5.74) is 0.613. The molecule has 0 spiro atoms. The van der Waals surface area contributed by atoms with Crippen molar-refractivity contribution >= 4 is 51.9 Å². The van der Waals surface area contributed by atoms with Gasteiger partial charge in [-0.1, -0.05) is 35.7 Å². The molecule has 1 amide bonds. The first kappa shape index (κ1) is 36.1. The number of carbonyl (C=O) groups excluding carboxylic acids is 2. The first-order valence-corrected chi connectivity index (χ1v) is 16.9. The van der Waals surface area contributed by atoms with Crippen LogP contribution in [0, 0.1) is 17.8 Å². The number of benzene rings is 1. The number of fused-ring (bicyclic) bond motifs is 1. The molecule has 5 rings (SSSR count). The highest BCUT2D eigenvalue weighted by Crippen LogP contribution is 2.45. The zero-order valence-electron chi connectivity index (χ0n) is 27.9. The number of nitrogens with one attached hydrogen (secondary N) is 1. The minimum Gasteiger partial charge on any atom is -0.495 e. The number of halogens is 2. The number of ketones is 1. The first-order chi connectivity index (χ1) is 23.7. The molecule has 2 aliphatic heterocycles. The Bertz CT molecular complexity index is 1820. The number of aryl methyl sites for hydroxylation is 1. The second-order valence-corrected chi connectivity index (χ2v) is 12.6. The van der Waals surface area contributed by atoms with Crippen LogP contribution in [0.15, 0.2) is 35.8 Å². The molecule has 2 fully saturated rings. The normalized spacial score (nSPS) is 18.0. The van der Waals surface area contributed by atoms with Gasteiger partial charge >= 0.3 is 0 Å². The summed E-state index contributed by atoms with van der Waals surface area (Å²) in [5, 5.41) is 4.29. The smallest absolute Gasteiger partial charge is 0.298 e. The van der Waals surface area contributed by atoms with Crippen LogP contribution in [0.3, 0.4) is 0 Å². The Morgan fingerprint density at radius 3 is 2.49 bits per heavy atom. The average Bonchev–Trinajstić information content (AvgIpc) is 3.11. The van der Waals surface area contributed by atoms with Crippen molar-refractivity contribution < 1.29 is 23.8 Å². The monoisotopic (exact) mass is 710 g/mol. The van der Waals surface area contributed by atoms with Gasteiger partial charge in [-0.2, -0.15) is 4.98 Å². The molecule has 0 saturated carbocycles. The summed E-state index contributed by atoms with van der Waals surface area (Å²) in [6, 6.07) is 3.04. The summed E-state index contributed by atoms with van der Waals surface area (Å²) in [4.78, 5) is 52.2. The van der Waals surface area contributed by atoms with Crippen LogP contribution in [0.2, 0.25) is 10.0 Å². The highest BCUT2D eigenvalue weighted by Gasteiger charge is 2.29. The largest absolute Gasteiger partial charge is 0.495 e. The number of aromatic nitrogens is 3. The summed E-state index contributed by atoms with van der Waals surface area (Å²) >= 11 is 13.5. The van der Waals surface area contributed by atoms with Crippen molar-refractivity contribution in [1.82, 2.24) is 24.3 Å². The van der Waals surface area contributed by atoms with E-state index < -0.39 is 0 Å². The fourth-order valence-corrected chi connectivity index (χ4v) is 6.95. The van der Waals surface area contributed by atoms with Crippen LogP contribution < -0.4 is 20.3 Å². The van der Waals surface area contributed by atoms with Crippen LogP contribution >= 0.6 is 23.2 Å². The second-order valence-electron chi connectivity index (χ2n) is 11.9. The molecule has 1 N–H and O–H groups in total. The lowest BCUT2D eigenvalue weighted by Gasteiger charge is -2.33. The number of piperazine rings is 1. The lowest BCUT2D eigenvalue weighted by atomic mass is 9.90. The lowest BCUT2D eigenvalue weighted by Crippen LogP contribution is -2.48. The Balaban J connectivity index is 1.49. The zero-order chi connectivity index (χ0) is 35.1. The van der Waals surface area contributed by atoms with E-state index in [9.17, 15) is 14.4 Å². The van der Waals surface area contributed by atoms with E-state index in [0.29, 0.717) is 100 Å². The molecule has 0 bridgehead atoms. The Labute approximate surface area is 295 Å². The number of pyridine rings is 1. The minimum atomic E-state index is -0.347. The van der Waals surface area contributed by atoms with Crippen molar-refractivity contribution in [3.63, 3.8) is 0 Å². The second kappa shape index (κ2) is 16.5. The van der Waals surface area contributed by atoms with E-state index in [2.05, 4.69) is 33.6 Å². The molecule has 2 aliphatic rings. The number of hydrogen-bond acceptors (Lipinski definition) is 10. The van der Waals surface area contributed by atoms with Crippen molar-refractivity contribution in [1.29, 1.82) is 0 Å². The van der Waals surface area contributed by atoms with E-state index in [1.807, 2.05) is 0 Å². The molecule has 12 nitrogen and oxygen atoms in total. The third kappa shape index (κ3) is 8.19. The number of rotatable bonds is 12. The molecule has 260 valence electrons. The maximum atomic E-state index is 14.4. The summed E-state index contributed by atoms with van der Waals surface area (Å²) in [7, 11) is 2.95. The molecular weight excluding hydrogens is 671 g/mol. The number of amides is 1. The molecule has 49 heavy (non-hydrogen) atoms. The standard InChI is InChI=1S/C35H40Cl2N6O6/c1-5-8-29(45)42-14-12-41(13-15-42)10-7-11-43-33-23(18-25(34(43)46)30-31(36)27(47-3)19-28(48-4)32(30)37)20-38-35(40-33)39-26-21-49-16-9-22(26)17-24(44)6-2/h6,18-20,22,26H,2,7,9-17,21H2,1,3-4H3,(H,38,39,40). The molecular formula is C35H40Cl2N6O6. The van der Waals surface area contributed by atoms with E-state index in [1.165, 1.54) is 20.3 Å². The number of anilines is 1. The fraction of sp³-hybridized carbons (Fsp3) is 0.457. The molecule has 1 aromatic carbocycles. The molecule has 4 heterocycles. The van der Waals surface area contributed by atoms with Crippen molar-refractivity contribution in [2.75, 3.05) is 65.5 Å². The van der Waals surface area contributed by atoms with Gasteiger partial charge in [-0.25, -0.2) is 4.98 Å². The van der Waals surface area contributed by atoms with E-state index in [4.69, 9.17) is 42.4 Å². The van der Waals surface area contributed by atoms with E-state index in [0.717, 1.165) is 0 Å². The van der Waals surface area contributed by atoms with Gasteiger partial charge in [0.25, 0.3) is 11.5 Å². The maximum Gasteiger partial charge on any atom is 0.298 e. The third-order valence-corrected chi connectivity index (χ3v) is 9.67. The van der Waals surface area contributed by atoms with Gasteiger partial charge in [-0.05, 0) is 50.3 Å². The quantitative estimate of drug-likeness (QED) is 0.215. The average molecular weight is 712 g/mol. The number of ether oxygens (including phenoxy) is 3. The van der Waals surface area contributed by atoms with Crippen molar-refractivity contribution in [2.45, 2.75) is 38.8 Å². The SMILES string of the molecule is C=CC(=O)CC1CCOCC1Nc1ncc2cc(-c3c(Cl)c(OC)cc(OC)c3Cl)c(=O)n(CCCN3CCN(C(=O)C#CC)CC3)c2n1. The van der Waals surface area contributed by atoms with E-state index in [-0.39, 0.29) is 50.4 Å². The van der Waals surface area contributed by atoms with Gasteiger partial charge in [0.1, 0.15) is 17.1 Å². The molecule has 3 aromatic rings. The lowest BCUT2D eigenvalue weighted by molar-refractivity contribution is -0.126. The number of nitrogens with zero attached hydrogens (tertiary/aromatic N) is 5. The van der Waals surface area contributed by atoms with Crippen LogP contribution in [0.5, 0.6) is 11.5 Å². The first-order valence-electron chi connectivity index (χ1n) is 16.1. The summed E-state index contributed by atoms with van der Waals surface area (Å²) in [5.74, 6) is 6.02. The van der Waals surface area contributed by atoms with Gasteiger partial charge in [-0.3, -0.25) is 23.9 Å². The zero-order valence-corrected chi connectivity index (χ0v) is 29.4. The van der Waals surface area contributed by atoms with Gasteiger partial charge in [0.2, 0.25) is 5.95 Å². The van der Waals surface area contributed by atoms with E-state index >= 15 is 0 Å². The number of hydrogen-bond donors (Lipinski definition) is 1. The molecule has 2 aromatic heterocycles. The van der Waals surface area contributed by atoms with Crippen LogP contribution in [-0.2, 0) is 20.9 Å². The molecule has 0 radical (unpaired) electrons. The van der Waals surface area contributed by atoms with Gasteiger partial charge in [0, 0.05) is 69.0 Å². The molecule has 0 aliphatic carbocycles. The Morgan fingerprint density at radius 2 is 1.84 bits per heavy atom. The third-order valence-electron chi connectivity index (χ3n) is 8.92. The summed E-state index contributed by atoms with van der Waals surface area (Å²) in [6.45, 7) is 9.83. The number of carbonyl (C=O) groups is 2. The molecule has 2 saturated heterocycles. The molecule has 2 unspecified atom stereocenters. The molecule has 14 heteroatoms.